The van der Waals surface area contributed by atoms with Gasteiger partial charge in [-0.25, -0.2) is 0 Å². The predicted molar refractivity (Wildman–Crippen MR) is 298 cm³/mol. The molecule has 0 spiro atoms. The molecule has 0 N–H and O–H groups in total. The number of benzene rings is 11. The number of fused-ring (bicyclic) bond motifs is 16. The second-order valence-electron chi connectivity index (χ2n) is 18.9. The minimum Gasteiger partial charge on any atom is -0.309 e. The summed E-state index contributed by atoms with van der Waals surface area (Å²) < 4.78 is 12.2. The van der Waals surface area contributed by atoms with Crippen LogP contribution < -0.4 is 0 Å². The summed E-state index contributed by atoms with van der Waals surface area (Å²) in [5.74, 6) is 0. The van der Waals surface area contributed by atoms with Gasteiger partial charge in [-0.3, -0.25) is 0 Å². The van der Waals surface area contributed by atoms with Gasteiger partial charge < -0.3 is 22.8 Å². The van der Waals surface area contributed by atoms with Crippen LogP contribution in [-0.2, 0) is 0 Å². The third kappa shape index (κ3) is 5.29. The van der Waals surface area contributed by atoms with Gasteiger partial charge in [-0.2, -0.15) is 0 Å². The van der Waals surface area contributed by atoms with E-state index >= 15 is 0 Å². The molecule has 0 aliphatic rings. The molecule has 5 nitrogen and oxygen atoms in total. The van der Waals surface area contributed by atoms with Crippen molar-refractivity contribution in [3.63, 3.8) is 0 Å². The van der Waals surface area contributed by atoms with Crippen LogP contribution in [0.25, 0.3) is 137 Å². The van der Waals surface area contributed by atoms with Gasteiger partial charge in [-0.05, 0) is 121 Å². The number of para-hydroxylation sites is 7. The summed E-state index contributed by atoms with van der Waals surface area (Å²) in [5, 5.41) is 12.4. The Balaban J connectivity index is 0.973. The van der Waals surface area contributed by atoms with Crippen LogP contribution in [0.15, 0.2) is 249 Å². The van der Waals surface area contributed by atoms with Gasteiger partial charge >= 0.3 is 0 Å². The molecule has 5 heterocycles. The van der Waals surface area contributed by atoms with E-state index in [1.807, 2.05) is 0 Å². The maximum Gasteiger partial charge on any atom is 0.0562 e. The van der Waals surface area contributed by atoms with Crippen LogP contribution in [0.3, 0.4) is 0 Å². The van der Waals surface area contributed by atoms with E-state index < -0.39 is 0 Å². The molecule has 0 aliphatic heterocycles. The molecule has 16 aromatic rings. The Morgan fingerprint density at radius 3 is 0.873 bits per heavy atom. The Bertz CT molecular complexity index is 4850. The molecular weight excluding hydrogens is 863 g/mol. The zero-order valence-electron chi connectivity index (χ0n) is 38.4. The normalized spacial score (nSPS) is 12.2. The average molecular weight is 904 g/mol. The molecule has 11 aromatic carbocycles. The topological polar surface area (TPSA) is 24.6 Å². The fraction of sp³-hybridized carbons (Fsp3) is 0. The summed E-state index contributed by atoms with van der Waals surface area (Å²) in [7, 11) is 0. The van der Waals surface area contributed by atoms with Crippen LogP contribution in [0, 0.1) is 0 Å². The van der Waals surface area contributed by atoms with Crippen molar-refractivity contribution in [3.05, 3.63) is 249 Å². The largest absolute Gasteiger partial charge is 0.309 e. The van der Waals surface area contributed by atoms with Crippen molar-refractivity contribution in [3.8, 4) is 28.4 Å². The molecule has 0 radical (unpaired) electrons. The van der Waals surface area contributed by atoms with E-state index in [9.17, 15) is 0 Å². The lowest BCUT2D eigenvalue weighted by molar-refractivity contribution is 1.16. The van der Waals surface area contributed by atoms with Crippen molar-refractivity contribution < 1.29 is 0 Å². The number of hydrogen-bond donors (Lipinski definition) is 0. The highest BCUT2D eigenvalue weighted by Crippen LogP contribution is 2.45. The van der Waals surface area contributed by atoms with Gasteiger partial charge in [0.25, 0.3) is 0 Å². The fourth-order valence-electron chi connectivity index (χ4n) is 12.3. The second-order valence-corrected chi connectivity index (χ2v) is 18.9. The van der Waals surface area contributed by atoms with E-state index in [2.05, 4.69) is 272 Å². The average Bonchev–Trinajstić information content (AvgIpc) is 4.22. The smallest absolute Gasteiger partial charge is 0.0562 e. The molecule has 0 atom stereocenters. The first-order valence-corrected chi connectivity index (χ1v) is 24.4. The molecule has 5 aromatic heterocycles. The lowest BCUT2D eigenvalue weighted by Gasteiger charge is -2.11. The lowest BCUT2D eigenvalue weighted by atomic mass is 10.1. The van der Waals surface area contributed by atoms with Crippen LogP contribution in [-0.4, -0.2) is 22.8 Å². The summed E-state index contributed by atoms with van der Waals surface area (Å²) in [6, 6.07) is 91.5. The van der Waals surface area contributed by atoms with Gasteiger partial charge in [0.2, 0.25) is 0 Å². The Kier molecular flexibility index (Phi) is 7.82. The minimum absolute atomic E-state index is 1.12. The first-order valence-electron chi connectivity index (χ1n) is 24.4. The van der Waals surface area contributed by atoms with Gasteiger partial charge in [-0.1, -0.05) is 127 Å². The molecule has 330 valence electrons. The predicted octanol–water partition coefficient (Wildman–Crippen LogP) is 17.2. The Hall–Kier alpha value is -9.58. The molecule has 0 saturated heterocycles. The summed E-state index contributed by atoms with van der Waals surface area (Å²) in [4.78, 5) is 0. The van der Waals surface area contributed by atoms with Crippen molar-refractivity contribution in [2.45, 2.75) is 0 Å². The highest BCUT2D eigenvalue weighted by Gasteiger charge is 2.23. The highest BCUT2D eigenvalue weighted by atomic mass is 15.0. The molecule has 0 bridgehead atoms. The van der Waals surface area contributed by atoms with E-state index in [1.165, 1.54) is 98.0 Å². The molecule has 0 aliphatic carbocycles. The van der Waals surface area contributed by atoms with Gasteiger partial charge in [0, 0.05) is 82.3 Å². The van der Waals surface area contributed by atoms with Crippen LogP contribution in [0.2, 0.25) is 0 Å². The molecule has 0 saturated carbocycles. The minimum atomic E-state index is 1.12. The SMILES string of the molecule is c1ccc(-n2c3ccc(-n4c5ccccc5c5cc6c7ccccc7n(-c7ccccc7)c6cc54)cc3c3cc(-n4c5ccccc5c5c6c7ccccc7n(-c7ccccc7)c6ccc54)ccc32)cc1. The van der Waals surface area contributed by atoms with Crippen molar-refractivity contribution in [1.82, 2.24) is 22.8 Å². The number of hydrogen-bond acceptors (Lipinski definition) is 0. The van der Waals surface area contributed by atoms with Gasteiger partial charge in [0.1, 0.15) is 0 Å². The second kappa shape index (κ2) is 14.5. The zero-order chi connectivity index (χ0) is 46.3. The van der Waals surface area contributed by atoms with Gasteiger partial charge in [-0.15, -0.1) is 0 Å². The number of nitrogens with zero attached hydrogens (tertiary/aromatic N) is 5. The summed E-state index contributed by atoms with van der Waals surface area (Å²) in [5.41, 5.74) is 17.5. The Labute approximate surface area is 407 Å². The molecule has 0 fully saturated rings. The van der Waals surface area contributed by atoms with Crippen LogP contribution in [0.4, 0.5) is 0 Å². The summed E-state index contributed by atoms with van der Waals surface area (Å²) in [6.45, 7) is 0. The maximum atomic E-state index is 2.48. The van der Waals surface area contributed by atoms with Crippen molar-refractivity contribution in [2.24, 2.45) is 0 Å². The van der Waals surface area contributed by atoms with E-state index in [4.69, 9.17) is 0 Å². The number of rotatable bonds is 5. The van der Waals surface area contributed by atoms with Crippen molar-refractivity contribution >= 4 is 109 Å². The molecule has 0 unspecified atom stereocenters. The third-order valence-electron chi connectivity index (χ3n) is 15.2. The molecule has 0 amide bonds. The number of aromatic nitrogens is 5. The Morgan fingerprint density at radius 1 is 0.155 bits per heavy atom. The van der Waals surface area contributed by atoms with E-state index in [0.717, 1.165) is 39.5 Å². The molecule has 16 rings (SSSR count). The molecule has 5 heteroatoms. The quantitative estimate of drug-likeness (QED) is 0.164. The highest BCUT2D eigenvalue weighted by molar-refractivity contribution is 6.29. The molecule has 71 heavy (non-hydrogen) atoms. The van der Waals surface area contributed by atoms with Crippen molar-refractivity contribution in [1.29, 1.82) is 0 Å². The van der Waals surface area contributed by atoms with Crippen LogP contribution in [0.5, 0.6) is 0 Å². The summed E-state index contributed by atoms with van der Waals surface area (Å²) in [6.07, 6.45) is 0. The van der Waals surface area contributed by atoms with Crippen LogP contribution >= 0.6 is 0 Å². The monoisotopic (exact) mass is 903 g/mol. The standard InChI is InChI=1S/C66H41N5/c1-4-18-42(19-5-1)67-59-34-32-45(70-58-31-17-13-27-50(58)66-62(70)37-36-61-65(66)49-26-12-16-30-57(49)68(61)43-20-6-2-7-21-43)38-51(59)52-39-46(33-35-60(52)67)71-56-29-15-11-25-48(56)54-40-53-47-24-10-14-28-55(47)69(63(53)41-64(54)71)44-22-8-3-9-23-44/h1-41H. The first-order chi connectivity index (χ1) is 35.3. The van der Waals surface area contributed by atoms with Crippen molar-refractivity contribution in [2.75, 3.05) is 0 Å². The Morgan fingerprint density at radius 2 is 0.437 bits per heavy atom. The van der Waals surface area contributed by atoms with E-state index in [-0.39, 0.29) is 0 Å². The van der Waals surface area contributed by atoms with E-state index in [0.29, 0.717) is 0 Å². The van der Waals surface area contributed by atoms with Gasteiger partial charge in [0.05, 0.1) is 55.2 Å². The van der Waals surface area contributed by atoms with Crippen LogP contribution in [0.1, 0.15) is 0 Å². The zero-order valence-corrected chi connectivity index (χ0v) is 38.4. The van der Waals surface area contributed by atoms with E-state index in [1.54, 1.807) is 0 Å². The molecular formula is C66H41N5. The fourth-order valence-corrected chi connectivity index (χ4v) is 12.3. The maximum absolute atomic E-state index is 2.48. The lowest BCUT2D eigenvalue weighted by Crippen LogP contribution is -1.96. The van der Waals surface area contributed by atoms with Gasteiger partial charge in [0.15, 0.2) is 0 Å². The third-order valence-corrected chi connectivity index (χ3v) is 15.2. The summed E-state index contributed by atoms with van der Waals surface area (Å²) >= 11 is 0. The first kappa shape index (κ1) is 38.4.